The van der Waals surface area contributed by atoms with Crippen molar-refractivity contribution in [2.24, 2.45) is 13.0 Å². The fourth-order valence-corrected chi connectivity index (χ4v) is 3.58. The molecule has 8 heteroatoms. The Labute approximate surface area is 147 Å². The Hall–Kier alpha value is -2.38. The molecule has 0 aromatic carbocycles. The summed E-state index contributed by atoms with van der Waals surface area (Å²) in [5, 5.41) is 0. The molecule has 0 radical (unpaired) electrons. The van der Waals surface area contributed by atoms with Crippen LogP contribution in [0.15, 0.2) is 4.79 Å². The minimum Gasteiger partial charge on any atom is -0.332 e. The van der Waals surface area contributed by atoms with Gasteiger partial charge in [0.1, 0.15) is 5.82 Å². The highest BCUT2D eigenvalue weighted by atomic mass is 16.2. The molecule has 2 aliphatic heterocycles. The first-order chi connectivity index (χ1) is 11.8. The smallest absolute Gasteiger partial charge is 0.319 e. The largest absolute Gasteiger partial charge is 0.332 e. The van der Waals surface area contributed by atoms with Crippen LogP contribution < -0.4 is 5.56 Å². The van der Waals surface area contributed by atoms with Gasteiger partial charge < -0.3 is 14.7 Å². The van der Waals surface area contributed by atoms with E-state index < -0.39 is 0 Å². The highest BCUT2D eigenvalue weighted by Gasteiger charge is 2.35. The van der Waals surface area contributed by atoms with Crippen LogP contribution in [0.1, 0.15) is 29.9 Å². The second-order valence-electron chi connectivity index (χ2n) is 7.10. The predicted molar refractivity (Wildman–Crippen MR) is 91.8 cm³/mol. The second-order valence-corrected chi connectivity index (χ2v) is 7.10. The van der Waals surface area contributed by atoms with Crippen LogP contribution in [-0.2, 0) is 24.9 Å². The van der Waals surface area contributed by atoms with E-state index in [1.54, 1.807) is 37.9 Å². The van der Waals surface area contributed by atoms with Gasteiger partial charge in [-0.3, -0.25) is 14.2 Å². The molecule has 1 aromatic heterocycles. The van der Waals surface area contributed by atoms with Gasteiger partial charge in [0.05, 0.1) is 30.3 Å². The van der Waals surface area contributed by atoms with Gasteiger partial charge in [-0.15, -0.1) is 0 Å². The number of aromatic nitrogens is 2. The zero-order valence-electron chi connectivity index (χ0n) is 15.3. The topological polar surface area (TPSA) is 78.8 Å². The monoisotopic (exact) mass is 347 g/mol. The molecule has 3 amide bonds. The van der Waals surface area contributed by atoms with Gasteiger partial charge in [0.2, 0.25) is 5.91 Å². The van der Waals surface area contributed by atoms with Crippen LogP contribution in [0.4, 0.5) is 4.79 Å². The van der Waals surface area contributed by atoms with Crippen LogP contribution in [0.2, 0.25) is 0 Å². The number of piperidine rings is 1. The van der Waals surface area contributed by atoms with Gasteiger partial charge in [0.25, 0.3) is 5.56 Å². The number of amides is 3. The molecule has 1 aromatic rings. The van der Waals surface area contributed by atoms with Crippen LogP contribution in [0.25, 0.3) is 0 Å². The SMILES string of the molecule is Cc1nc2c(c(=O)n1C)CN(C(=O)[C@@H]1CCCN(C(=O)N(C)C)C1)C2. The van der Waals surface area contributed by atoms with E-state index in [-0.39, 0.29) is 23.4 Å². The molecule has 0 aliphatic carbocycles. The molecule has 0 saturated carbocycles. The number of carbonyl (C=O) groups is 2. The molecule has 1 atom stereocenters. The molecule has 8 nitrogen and oxygen atoms in total. The number of carbonyl (C=O) groups excluding carboxylic acids is 2. The summed E-state index contributed by atoms with van der Waals surface area (Å²) in [6.07, 6.45) is 1.59. The summed E-state index contributed by atoms with van der Waals surface area (Å²) >= 11 is 0. The summed E-state index contributed by atoms with van der Waals surface area (Å²) in [7, 11) is 5.13. The Morgan fingerprint density at radius 3 is 2.60 bits per heavy atom. The van der Waals surface area contributed by atoms with Crippen LogP contribution in [0.5, 0.6) is 0 Å². The number of nitrogens with zero attached hydrogens (tertiary/aromatic N) is 5. The summed E-state index contributed by atoms with van der Waals surface area (Å²) in [4.78, 5) is 46.9. The molecule has 3 heterocycles. The van der Waals surface area contributed by atoms with Gasteiger partial charge in [-0.1, -0.05) is 0 Å². The Kier molecular flexibility index (Phi) is 4.53. The molecule has 136 valence electrons. The number of hydrogen-bond donors (Lipinski definition) is 0. The molecule has 2 aliphatic rings. The van der Waals surface area contributed by atoms with E-state index in [0.29, 0.717) is 43.3 Å². The van der Waals surface area contributed by atoms with Crippen molar-refractivity contribution in [2.45, 2.75) is 32.9 Å². The van der Waals surface area contributed by atoms with Crippen molar-refractivity contribution >= 4 is 11.9 Å². The Morgan fingerprint density at radius 1 is 1.20 bits per heavy atom. The van der Waals surface area contributed by atoms with Crippen molar-refractivity contribution in [1.29, 1.82) is 0 Å². The predicted octanol–water partition coefficient (Wildman–Crippen LogP) is 0.325. The second kappa shape index (κ2) is 6.50. The molecule has 0 spiro atoms. The molecule has 0 N–H and O–H groups in total. The summed E-state index contributed by atoms with van der Waals surface area (Å²) in [6, 6.07) is -0.0617. The maximum Gasteiger partial charge on any atom is 0.319 e. The van der Waals surface area contributed by atoms with Gasteiger partial charge in [0.15, 0.2) is 0 Å². The van der Waals surface area contributed by atoms with Gasteiger partial charge in [-0.05, 0) is 19.8 Å². The summed E-state index contributed by atoms with van der Waals surface area (Å²) in [6.45, 7) is 3.60. The lowest BCUT2D eigenvalue weighted by atomic mass is 9.97. The van der Waals surface area contributed by atoms with E-state index in [0.717, 1.165) is 12.8 Å². The fraction of sp³-hybridized carbons (Fsp3) is 0.647. The van der Waals surface area contributed by atoms with Crippen LogP contribution in [0.3, 0.4) is 0 Å². The van der Waals surface area contributed by atoms with E-state index in [2.05, 4.69) is 4.98 Å². The van der Waals surface area contributed by atoms with E-state index in [4.69, 9.17) is 0 Å². The molecule has 0 unspecified atom stereocenters. The maximum absolute atomic E-state index is 12.9. The average molecular weight is 347 g/mol. The van der Waals surface area contributed by atoms with Gasteiger partial charge in [-0.2, -0.15) is 0 Å². The summed E-state index contributed by atoms with van der Waals surface area (Å²) in [5.74, 6) is 0.448. The quantitative estimate of drug-likeness (QED) is 0.733. The third-order valence-corrected chi connectivity index (χ3v) is 5.12. The number of likely N-dealkylation sites (tertiary alicyclic amines) is 1. The molecule has 0 bridgehead atoms. The van der Waals surface area contributed by atoms with Crippen LogP contribution >= 0.6 is 0 Å². The number of aryl methyl sites for hydroxylation is 1. The van der Waals surface area contributed by atoms with Crippen LogP contribution in [0, 0.1) is 12.8 Å². The Morgan fingerprint density at radius 2 is 1.92 bits per heavy atom. The zero-order valence-corrected chi connectivity index (χ0v) is 15.3. The standard InChI is InChI=1S/C17H25N5O3/c1-11-18-14-10-22(9-13(14)16(24)20(11)4)15(23)12-6-5-7-21(8-12)17(25)19(2)3/h12H,5-10H2,1-4H3/t12-/m1/s1. The first-order valence-corrected chi connectivity index (χ1v) is 8.60. The lowest BCUT2D eigenvalue weighted by molar-refractivity contribution is -0.137. The van der Waals surface area contributed by atoms with E-state index in [1.807, 2.05) is 0 Å². The summed E-state index contributed by atoms with van der Waals surface area (Å²) < 4.78 is 1.52. The average Bonchev–Trinajstić information content (AvgIpc) is 3.02. The minimum atomic E-state index is -0.211. The Balaban J connectivity index is 1.73. The van der Waals surface area contributed by atoms with E-state index in [9.17, 15) is 14.4 Å². The van der Waals surface area contributed by atoms with Crippen molar-refractivity contribution < 1.29 is 9.59 Å². The first kappa shape index (κ1) is 17.4. The van der Waals surface area contributed by atoms with Crippen molar-refractivity contribution in [2.75, 3.05) is 27.2 Å². The number of hydrogen-bond acceptors (Lipinski definition) is 4. The van der Waals surface area contributed by atoms with Gasteiger partial charge in [-0.25, -0.2) is 9.78 Å². The molecule has 3 rings (SSSR count). The van der Waals surface area contributed by atoms with Crippen molar-refractivity contribution in [3.05, 3.63) is 27.4 Å². The van der Waals surface area contributed by atoms with Gasteiger partial charge >= 0.3 is 6.03 Å². The normalized spacial score (nSPS) is 19.8. The number of urea groups is 1. The highest BCUT2D eigenvalue weighted by Crippen LogP contribution is 2.25. The Bertz CT molecular complexity index is 770. The molecule has 1 saturated heterocycles. The first-order valence-electron chi connectivity index (χ1n) is 8.60. The maximum atomic E-state index is 12.9. The van der Waals surface area contributed by atoms with Crippen LogP contribution in [-0.4, -0.2) is 63.4 Å². The molecular weight excluding hydrogens is 322 g/mol. The molecular formula is C17H25N5O3. The summed E-state index contributed by atoms with van der Waals surface area (Å²) in [5.41, 5.74) is 1.23. The van der Waals surface area contributed by atoms with Crippen molar-refractivity contribution in [3.63, 3.8) is 0 Å². The lowest BCUT2D eigenvalue weighted by Crippen LogP contribution is -2.48. The third kappa shape index (κ3) is 3.12. The lowest BCUT2D eigenvalue weighted by Gasteiger charge is -2.35. The third-order valence-electron chi connectivity index (χ3n) is 5.12. The van der Waals surface area contributed by atoms with E-state index in [1.165, 1.54) is 9.47 Å². The van der Waals surface area contributed by atoms with Gasteiger partial charge in [0, 0.05) is 34.2 Å². The van der Waals surface area contributed by atoms with E-state index >= 15 is 0 Å². The minimum absolute atomic E-state index is 0.00830. The zero-order chi connectivity index (χ0) is 18.3. The molecule has 1 fully saturated rings. The highest BCUT2D eigenvalue weighted by molar-refractivity contribution is 5.81. The number of fused-ring (bicyclic) bond motifs is 1. The number of rotatable bonds is 1. The van der Waals surface area contributed by atoms with Crippen molar-refractivity contribution in [1.82, 2.24) is 24.3 Å². The van der Waals surface area contributed by atoms with Crippen molar-refractivity contribution in [3.8, 4) is 0 Å². The fourth-order valence-electron chi connectivity index (χ4n) is 3.58. The molecule has 25 heavy (non-hydrogen) atoms.